The van der Waals surface area contributed by atoms with Gasteiger partial charge < -0.3 is 30.0 Å². The van der Waals surface area contributed by atoms with Gasteiger partial charge in [0.2, 0.25) is 0 Å². The minimum absolute atomic E-state index is 0.0576. The zero-order chi connectivity index (χ0) is 42.2. The van der Waals surface area contributed by atoms with Gasteiger partial charge in [-0.25, -0.2) is 28.7 Å². The van der Waals surface area contributed by atoms with Crippen LogP contribution in [0.4, 0.5) is 26.0 Å². The fourth-order valence-corrected chi connectivity index (χ4v) is 4.61. The van der Waals surface area contributed by atoms with E-state index in [-0.39, 0.29) is 38.2 Å². The lowest BCUT2D eigenvalue weighted by Gasteiger charge is -2.12. The Hall–Kier alpha value is -5.57. The van der Waals surface area contributed by atoms with Crippen LogP contribution < -0.4 is 30.0 Å². The first-order valence-corrected chi connectivity index (χ1v) is 15.1. The molecule has 4 aromatic carbocycles. The molecule has 3 N–H and O–H groups in total. The number of hydrogen-bond donors (Lipinski definition) is 2. The SMILES string of the molecule is Nc1ccc(F)c(Cl)c1.[2H]C([2H])([2H])Oc1cc2ncnc(Cl)c2cc1OC(C)=O.[2H]C([2H])([2H])Oc1cc2ncnc(Nc3ccc(F)c(Cl)c3)c2cc1OC(C)=O. The summed E-state index contributed by atoms with van der Waals surface area (Å²) in [7, 11) is -5.43. The van der Waals surface area contributed by atoms with E-state index in [4.69, 9.17) is 67.7 Å². The summed E-state index contributed by atoms with van der Waals surface area (Å²) in [6.45, 7) is 2.36. The fraction of sp³-hybridized carbons (Fsp3) is 0.118. The van der Waals surface area contributed by atoms with Crippen LogP contribution >= 0.6 is 34.8 Å². The van der Waals surface area contributed by atoms with E-state index in [0.29, 0.717) is 39.0 Å². The van der Waals surface area contributed by atoms with E-state index in [1.54, 1.807) is 0 Å². The zero-order valence-corrected chi connectivity index (χ0v) is 28.4. The molecular formula is C34H27Cl3F2N6O6. The monoisotopic (exact) mass is 764 g/mol. The quantitative estimate of drug-likeness (QED) is 0.0723. The van der Waals surface area contributed by atoms with Gasteiger partial charge in [-0.05, 0) is 48.5 Å². The standard InChI is InChI=1S/C17H13ClFN3O3.C11H9ClN2O3.C6H5ClFN/c1-9(23)25-16-6-11-14(7-15(16)24-2)20-8-21-17(11)22-10-3-4-13(19)12(18)5-10;1-6(15)17-10-3-7-8(4-9(10)16-2)13-5-14-11(7)12;7-5-3-4(9)1-2-6(5)8/h3-8H,1-2H3,(H,20,21,22);3-5H,1-2H3;1-3H,9H2/i2*2D3;. The lowest BCUT2D eigenvalue weighted by molar-refractivity contribution is -0.132. The average Bonchev–Trinajstić information content (AvgIpc) is 3.08. The first kappa shape index (κ1) is 30.3. The second kappa shape index (κ2) is 17.4. The van der Waals surface area contributed by atoms with Gasteiger partial charge in [0, 0.05) is 48.1 Å². The number of aromatic nitrogens is 4. The van der Waals surface area contributed by atoms with Crippen LogP contribution in [-0.4, -0.2) is 46.0 Å². The van der Waals surface area contributed by atoms with Gasteiger partial charge in [0.15, 0.2) is 23.0 Å². The maximum absolute atomic E-state index is 13.4. The summed E-state index contributed by atoms with van der Waals surface area (Å²) in [5.74, 6) is -2.43. The van der Waals surface area contributed by atoms with Crippen molar-refractivity contribution < 1.29 is 45.5 Å². The van der Waals surface area contributed by atoms with E-state index in [2.05, 4.69) is 25.3 Å². The molecule has 0 aliphatic carbocycles. The normalized spacial score (nSPS) is 12.5. The van der Waals surface area contributed by atoms with Crippen molar-refractivity contribution in [1.29, 1.82) is 0 Å². The Morgan fingerprint density at radius 3 is 1.76 bits per heavy atom. The molecule has 0 aliphatic heterocycles. The minimum Gasteiger partial charge on any atom is -0.493 e. The molecule has 6 aromatic rings. The molecule has 6 rings (SSSR count). The number of nitrogens with two attached hydrogens (primary N) is 1. The molecule has 0 spiro atoms. The molecule has 2 heterocycles. The highest BCUT2D eigenvalue weighted by molar-refractivity contribution is 6.34. The predicted molar refractivity (Wildman–Crippen MR) is 190 cm³/mol. The molecule has 12 nitrogen and oxygen atoms in total. The number of esters is 2. The number of ether oxygens (including phenoxy) is 4. The molecule has 264 valence electrons. The van der Waals surface area contributed by atoms with Gasteiger partial charge in [-0.15, -0.1) is 0 Å². The average molecular weight is 766 g/mol. The molecule has 0 unspecified atom stereocenters. The molecule has 0 radical (unpaired) electrons. The van der Waals surface area contributed by atoms with Crippen molar-refractivity contribution in [3.8, 4) is 23.0 Å². The van der Waals surface area contributed by atoms with Crippen molar-refractivity contribution in [1.82, 2.24) is 19.9 Å². The number of rotatable bonds is 6. The van der Waals surface area contributed by atoms with Gasteiger partial charge in [-0.1, -0.05) is 34.8 Å². The Morgan fingerprint density at radius 2 is 1.24 bits per heavy atom. The van der Waals surface area contributed by atoms with Crippen LogP contribution in [0.3, 0.4) is 0 Å². The Kier molecular flexibility index (Phi) is 10.3. The lowest BCUT2D eigenvalue weighted by Crippen LogP contribution is -2.04. The molecule has 0 fully saturated rings. The number of benzene rings is 4. The summed E-state index contributed by atoms with van der Waals surface area (Å²) in [6, 6.07) is 13.5. The Morgan fingerprint density at radius 1 is 0.706 bits per heavy atom. The highest BCUT2D eigenvalue weighted by Gasteiger charge is 2.14. The van der Waals surface area contributed by atoms with E-state index < -0.39 is 37.6 Å². The number of hydrogen-bond acceptors (Lipinski definition) is 12. The summed E-state index contributed by atoms with van der Waals surface area (Å²) in [5, 5.41) is 3.95. The van der Waals surface area contributed by atoms with E-state index in [1.165, 1.54) is 87.2 Å². The van der Waals surface area contributed by atoms with Crippen molar-refractivity contribution >= 4 is 85.7 Å². The van der Waals surface area contributed by atoms with E-state index >= 15 is 0 Å². The third-order valence-electron chi connectivity index (χ3n) is 6.21. The molecule has 51 heavy (non-hydrogen) atoms. The summed E-state index contributed by atoms with van der Waals surface area (Å²) in [6.07, 6.45) is 2.48. The zero-order valence-electron chi connectivity index (χ0n) is 32.1. The molecule has 0 atom stereocenters. The van der Waals surface area contributed by atoms with Crippen molar-refractivity contribution in [3.05, 3.63) is 100 Å². The van der Waals surface area contributed by atoms with Crippen molar-refractivity contribution in [2.24, 2.45) is 0 Å². The topological polar surface area (TPSA) is 161 Å². The van der Waals surface area contributed by atoms with E-state index in [1.807, 2.05) is 0 Å². The van der Waals surface area contributed by atoms with Gasteiger partial charge in [0.1, 0.15) is 35.3 Å². The number of methoxy groups -OCH3 is 2. The molecule has 17 heteroatoms. The molecule has 0 saturated heterocycles. The number of nitrogen functional groups attached to an aromatic ring is 1. The number of nitrogens with one attached hydrogen (secondary N) is 1. The highest BCUT2D eigenvalue weighted by Crippen LogP contribution is 2.36. The first-order chi connectivity index (χ1) is 26.6. The van der Waals surface area contributed by atoms with Crippen molar-refractivity contribution in [2.45, 2.75) is 13.8 Å². The minimum atomic E-state index is -2.75. The van der Waals surface area contributed by atoms with Gasteiger partial charge in [0.05, 0.1) is 43.4 Å². The van der Waals surface area contributed by atoms with Crippen LogP contribution in [0.5, 0.6) is 23.0 Å². The molecule has 0 saturated carbocycles. The first-order valence-electron chi connectivity index (χ1n) is 17.0. The van der Waals surface area contributed by atoms with E-state index in [0.717, 1.165) is 0 Å². The number of carbonyl (C=O) groups excluding carboxylic acids is 2. The van der Waals surface area contributed by atoms with Gasteiger partial charge >= 0.3 is 11.9 Å². The number of anilines is 3. The van der Waals surface area contributed by atoms with Gasteiger partial charge in [-0.3, -0.25) is 9.59 Å². The number of nitrogens with zero attached hydrogens (tertiary/aromatic N) is 4. The van der Waals surface area contributed by atoms with Crippen LogP contribution in [0.15, 0.2) is 73.3 Å². The maximum atomic E-state index is 13.4. The van der Waals surface area contributed by atoms with Crippen molar-refractivity contribution in [3.63, 3.8) is 0 Å². The predicted octanol–water partition coefficient (Wildman–Crippen LogP) is 8.38. The molecule has 0 aliphatic rings. The number of halogens is 5. The summed E-state index contributed by atoms with van der Waals surface area (Å²) >= 11 is 17.1. The van der Waals surface area contributed by atoms with E-state index in [9.17, 15) is 18.4 Å². The van der Waals surface area contributed by atoms with Crippen molar-refractivity contribution in [2.75, 3.05) is 25.1 Å². The summed E-state index contributed by atoms with van der Waals surface area (Å²) in [5.41, 5.74) is 6.92. The highest BCUT2D eigenvalue weighted by atomic mass is 35.5. The summed E-state index contributed by atoms with van der Waals surface area (Å²) < 4.78 is 88.5. The third kappa shape index (κ3) is 10.2. The molecular weight excluding hydrogens is 733 g/mol. The Balaban J connectivity index is 0.000000215. The van der Waals surface area contributed by atoms with Crippen LogP contribution in [0, 0.1) is 11.6 Å². The Labute approximate surface area is 312 Å². The van der Waals surface area contributed by atoms with Crippen LogP contribution in [0.1, 0.15) is 22.1 Å². The van der Waals surface area contributed by atoms with Crippen LogP contribution in [-0.2, 0) is 9.59 Å². The third-order valence-corrected chi connectivity index (χ3v) is 7.09. The second-order valence-electron chi connectivity index (χ2n) is 9.84. The van der Waals surface area contributed by atoms with Gasteiger partial charge in [-0.2, -0.15) is 0 Å². The molecule has 0 amide bonds. The maximum Gasteiger partial charge on any atom is 0.308 e. The van der Waals surface area contributed by atoms with Gasteiger partial charge in [0.25, 0.3) is 0 Å². The number of carbonyl (C=O) groups is 2. The van der Waals surface area contributed by atoms with Crippen LogP contribution in [0.2, 0.25) is 15.2 Å². The molecule has 2 aromatic heterocycles. The lowest BCUT2D eigenvalue weighted by atomic mass is 10.2. The largest absolute Gasteiger partial charge is 0.493 e. The van der Waals surface area contributed by atoms with Crippen LogP contribution in [0.25, 0.3) is 21.8 Å². The molecule has 0 bridgehead atoms. The smallest absolute Gasteiger partial charge is 0.308 e. The Bertz CT molecular complexity index is 2450. The second-order valence-corrected chi connectivity index (χ2v) is 11.0. The fourth-order valence-electron chi connectivity index (χ4n) is 4.05. The number of fused-ring (bicyclic) bond motifs is 2. The summed E-state index contributed by atoms with van der Waals surface area (Å²) in [4.78, 5) is 38.4.